The van der Waals surface area contributed by atoms with Crippen LogP contribution < -0.4 is 9.47 Å². The fraction of sp³-hybridized carbons (Fsp3) is 0.519. The summed E-state index contributed by atoms with van der Waals surface area (Å²) in [6.07, 6.45) is 3.01. The Labute approximate surface area is 206 Å². The highest BCUT2D eigenvalue weighted by atomic mass is 79.9. The minimum absolute atomic E-state index is 0.123. The van der Waals surface area contributed by atoms with E-state index in [2.05, 4.69) is 48.5 Å². The number of fused-ring (bicyclic) bond motifs is 1. The van der Waals surface area contributed by atoms with E-state index in [1.54, 1.807) is 7.11 Å². The van der Waals surface area contributed by atoms with Gasteiger partial charge in [-0.1, -0.05) is 15.9 Å². The van der Waals surface area contributed by atoms with E-state index in [9.17, 15) is 4.79 Å². The summed E-state index contributed by atoms with van der Waals surface area (Å²) in [6, 6.07) is 7.62. The third-order valence-corrected chi connectivity index (χ3v) is 8.00. The summed E-state index contributed by atoms with van der Waals surface area (Å²) in [5, 5.41) is 0. The number of hydrogen-bond donors (Lipinski definition) is 0. The highest BCUT2D eigenvalue weighted by molar-refractivity contribution is 9.10. The van der Waals surface area contributed by atoms with Crippen molar-refractivity contribution >= 4 is 21.8 Å². The second kappa shape index (κ2) is 9.67. The molecule has 0 radical (unpaired) electrons. The predicted octanol–water partition coefficient (Wildman–Crippen LogP) is 5.31. The quantitative estimate of drug-likeness (QED) is 0.541. The van der Waals surface area contributed by atoms with Crippen LogP contribution >= 0.6 is 15.9 Å². The van der Waals surface area contributed by atoms with Crippen LogP contribution in [-0.2, 0) is 6.42 Å². The number of ether oxygens (including phenoxy) is 2. The molecule has 2 aliphatic heterocycles. The summed E-state index contributed by atoms with van der Waals surface area (Å²) in [6.45, 7) is 13.0. The molecule has 2 aromatic rings. The van der Waals surface area contributed by atoms with E-state index in [0.29, 0.717) is 0 Å². The van der Waals surface area contributed by atoms with Crippen LogP contribution in [0.2, 0.25) is 0 Å². The van der Waals surface area contributed by atoms with Crippen LogP contribution in [0.15, 0.2) is 28.7 Å². The lowest BCUT2D eigenvalue weighted by Crippen LogP contribution is -2.50. The van der Waals surface area contributed by atoms with Crippen molar-refractivity contribution in [2.24, 2.45) is 0 Å². The molecule has 1 unspecified atom stereocenters. The van der Waals surface area contributed by atoms with Crippen molar-refractivity contribution in [2.75, 3.05) is 39.8 Å². The van der Waals surface area contributed by atoms with Crippen LogP contribution in [0.5, 0.6) is 11.5 Å². The topological polar surface area (TPSA) is 42.0 Å². The van der Waals surface area contributed by atoms with Gasteiger partial charge < -0.3 is 14.4 Å². The van der Waals surface area contributed by atoms with E-state index in [1.807, 2.05) is 29.2 Å². The largest absolute Gasteiger partial charge is 0.496 e. The lowest BCUT2D eigenvalue weighted by molar-refractivity contribution is 0.0337. The number of piperazine rings is 1. The Hall–Kier alpha value is -2.05. The third kappa shape index (κ3) is 4.92. The van der Waals surface area contributed by atoms with E-state index in [0.717, 1.165) is 73.5 Å². The first kappa shape index (κ1) is 24.1. The van der Waals surface area contributed by atoms with Crippen molar-refractivity contribution < 1.29 is 14.3 Å². The fourth-order valence-corrected chi connectivity index (χ4v) is 5.37. The lowest BCUT2D eigenvalue weighted by Gasteiger charge is -2.40. The van der Waals surface area contributed by atoms with Gasteiger partial charge in [-0.25, -0.2) is 0 Å². The van der Waals surface area contributed by atoms with Crippen molar-refractivity contribution in [3.05, 3.63) is 56.6 Å². The molecule has 0 spiro atoms. The number of carbonyl (C=O) groups is 1. The molecule has 0 saturated carbocycles. The maximum Gasteiger partial charge on any atom is 0.253 e. The van der Waals surface area contributed by atoms with E-state index in [1.165, 1.54) is 22.3 Å². The van der Waals surface area contributed by atoms with E-state index in [-0.39, 0.29) is 11.5 Å². The molecule has 2 aromatic carbocycles. The van der Waals surface area contributed by atoms with Gasteiger partial charge in [0, 0.05) is 48.3 Å². The van der Waals surface area contributed by atoms with Gasteiger partial charge in [-0.3, -0.25) is 9.69 Å². The van der Waals surface area contributed by atoms with Gasteiger partial charge in [0.1, 0.15) is 17.1 Å². The molecule has 0 aromatic heterocycles. The molecule has 0 aliphatic carbocycles. The SMILES string of the molecule is COc1c(C)c(C)c2c(c1C)CCC(C)(CCN1CCN(C(=O)c3ccc(Br)cc3)CC1)O2. The van der Waals surface area contributed by atoms with Crippen LogP contribution in [0.1, 0.15) is 52.4 Å². The van der Waals surface area contributed by atoms with E-state index < -0.39 is 0 Å². The molecule has 2 heterocycles. The summed E-state index contributed by atoms with van der Waals surface area (Å²) in [7, 11) is 1.75. The lowest BCUT2D eigenvalue weighted by atomic mass is 9.85. The molecule has 6 heteroatoms. The van der Waals surface area contributed by atoms with Gasteiger partial charge in [0.25, 0.3) is 5.91 Å². The maximum atomic E-state index is 12.8. The molecule has 33 heavy (non-hydrogen) atoms. The molecule has 2 aliphatic rings. The van der Waals surface area contributed by atoms with Crippen LogP contribution in [0, 0.1) is 20.8 Å². The number of benzene rings is 2. The van der Waals surface area contributed by atoms with Gasteiger partial charge in [-0.2, -0.15) is 0 Å². The number of amides is 1. The van der Waals surface area contributed by atoms with E-state index >= 15 is 0 Å². The van der Waals surface area contributed by atoms with Gasteiger partial charge in [-0.15, -0.1) is 0 Å². The van der Waals surface area contributed by atoms with Gasteiger partial charge in [0.05, 0.1) is 7.11 Å². The third-order valence-electron chi connectivity index (χ3n) is 7.48. The Morgan fingerprint density at radius 1 is 1.06 bits per heavy atom. The van der Waals surface area contributed by atoms with Crippen molar-refractivity contribution in [1.82, 2.24) is 9.80 Å². The molecule has 1 atom stereocenters. The van der Waals surface area contributed by atoms with Gasteiger partial charge in [0.2, 0.25) is 0 Å². The summed E-state index contributed by atoms with van der Waals surface area (Å²) < 4.78 is 13.3. The summed E-state index contributed by atoms with van der Waals surface area (Å²) in [5.41, 5.74) is 5.46. The molecule has 0 bridgehead atoms. The van der Waals surface area contributed by atoms with Crippen LogP contribution in [0.4, 0.5) is 0 Å². The average Bonchev–Trinajstić information content (AvgIpc) is 2.82. The predicted molar refractivity (Wildman–Crippen MR) is 136 cm³/mol. The Bertz CT molecular complexity index is 1030. The zero-order valence-electron chi connectivity index (χ0n) is 20.5. The Morgan fingerprint density at radius 2 is 1.73 bits per heavy atom. The average molecular weight is 515 g/mol. The number of hydrogen-bond acceptors (Lipinski definition) is 4. The number of halogens is 1. The highest BCUT2D eigenvalue weighted by Gasteiger charge is 2.35. The van der Waals surface area contributed by atoms with E-state index in [4.69, 9.17) is 9.47 Å². The Morgan fingerprint density at radius 3 is 2.36 bits per heavy atom. The number of rotatable bonds is 5. The smallest absolute Gasteiger partial charge is 0.253 e. The molecule has 1 saturated heterocycles. The zero-order valence-corrected chi connectivity index (χ0v) is 22.0. The number of nitrogens with zero attached hydrogens (tertiary/aromatic N) is 2. The number of carbonyl (C=O) groups excluding carboxylic acids is 1. The first-order chi connectivity index (χ1) is 15.7. The number of methoxy groups -OCH3 is 1. The van der Waals surface area contributed by atoms with Gasteiger partial charge in [0.15, 0.2) is 0 Å². The molecule has 1 fully saturated rings. The fourth-order valence-electron chi connectivity index (χ4n) is 5.11. The van der Waals surface area contributed by atoms with Crippen molar-refractivity contribution in [3.8, 4) is 11.5 Å². The minimum Gasteiger partial charge on any atom is -0.496 e. The summed E-state index contributed by atoms with van der Waals surface area (Å²) in [4.78, 5) is 17.2. The highest BCUT2D eigenvalue weighted by Crippen LogP contribution is 2.44. The molecule has 178 valence electrons. The minimum atomic E-state index is -0.171. The van der Waals surface area contributed by atoms with Gasteiger partial charge in [-0.05, 0) is 87.9 Å². The standard InChI is InChI=1S/C27H35BrN2O3/c1-18-19(2)25-23(20(3)24(18)32-5)10-11-27(4,33-25)12-13-29-14-16-30(17-15-29)26(31)21-6-8-22(28)9-7-21/h6-9H,10-17H2,1-5H3. The maximum absolute atomic E-state index is 12.8. The second-order valence-corrected chi connectivity index (χ2v) is 10.6. The van der Waals surface area contributed by atoms with Crippen LogP contribution in [0.25, 0.3) is 0 Å². The summed E-state index contributed by atoms with van der Waals surface area (Å²) >= 11 is 3.43. The molecule has 4 rings (SSSR count). The molecular weight excluding hydrogens is 480 g/mol. The normalized spacial score (nSPS) is 20.8. The van der Waals surface area contributed by atoms with Gasteiger partial charge >= 0.3 is 0 Å². The molecule has 5 nitrogen and oxygen atoms in total. The Kier molecular flexibility index (Phi) is 7.06. The molecule has 1 amide bonds. The van der Waals surface area contributed by atoms with Crippen molar-refractivity contribution in [2.45, 2.75) is 52.6 Å². The monoisotopic (exact) mass is 514 g/mol. The summed E-state index contributed by atoms with van der Waals surface area (Å²) in [5.74, 6) is 2.18. The Balaban J connectivity index is 1.34. The molecule has 0 N–H and O–H groups in total. The molecular formula is C27H35BrN2O3. The first-order valence-electron chi connectivity index (χ1n) is 11.9. The zero-order chi connectivity index (χ0) is 23.8. The van der Waals surface area contributed by atoms with Crippen LogP contribution in [0.3, 0.4) is 0 Å². The first-order valence-corrected chi connectivity index (χ1v) is 12.6. The van der Waals surface area contributed by atoms with Crippen molar-refractivity contribution in [3.63, 3.8) is 0 Å². The van der Waals surface area contributed by atoms with Crippen molar-refractivity contribution in [1.29, 1.82) is 0 Å². The second-order valence-electron chi connectivity index (χ2n) is 9.66. The van der Waals surface area contributed by atoms with Crippen LogP contribution in [-0.4, -0.2) is 61.1 Å².